The zero-order valence-corrected chi connectivity index (χ0v) is 20.2. The molecular weight excluding hydrogens is 443 g/mol. The van der Waals surface area contributed by atoms with Crippen molar-refractivity contribution in [1.82, 2.24) is 0 Å². The maximum absolute atomic E-state index is 15.7. The lowest BCUT2D eigenvalue weighted by molar-refractivity contribution is -0.131. The van der Waals surface area contributed by atoms with Crippen molar-refractivity contribution in [3.63, 3.8) is 0 Å². The van der Waals surface area contributed by atoms with Crippen molar-refractivity contribution in [3.05, 3.63) is 77.6 Å². The summed E-state index contributed by atoms with van der Waals surface area (Å²) in [5.74, 6) is -1.27. The van der Waals surface area contributed by atoms with Gasteiger partial charge in [-0.15, -0.1) is 0 Å². The second kappa shape index (κ2) is 10.3. The van der Waals surface area contributed by atoms with E-state index in [4.69, 9.17) is 5.11 Å². The van der Waals surface area contributed by atoms with Crippen LogP contribution in [0.5, 0.6) is 0 Å². The van der Waals surface area contributed by atoms with Crippen molar-refractivity contribution in [2.75, 3.05) is 23.9 Å². The summed E-state index contributed by atoms with van der Waals surface area (Å²) in [6.45, 7) is 0. The molecule has 1 aliphatic rings. The predicted molar refractivity (Wildman–Crippen MR) is 139 cm³/mol. The van der Waals surface area contributed by atoms with Gasteiger partial charge in [0.2, 0.25) is 6.41 Å². The molecule has 0 radical (unpaired) electrons. The number of amides is 1. The van der Waals surface area contributed by atoms with E-state index in [1.165, 1.54) is 6.08 Å². The number of fused-ring (bicyclic) bond motifs is 1. The maximum Gasteiger partial charge on any atom is 0.328 e. The minimum atomic E-state index is -1.03. The third kappa shape index (κ3) is 5.06. The summed E-state index contributed by atoms with van der Waals surface area (Å²) < 4.78 is 15.7. The van der Waals surface area contributed by atoms with Gasteiger partial charge in [0, 0.05) is 31.2 Å². The van der Waals surface area contributed by atoms with E-state index in [1.54, 1.807) is 15.9 Å². The second-order valence-corrected chi connectivity index (χ2v) is 9.51. The first-order valence-electron chi connectivity index (χ1n) is 12.0. The van der Waals surface area contributed by atoms with Crippen molar-refractivity contribution < 1.29 is 19.1 Å². The first-order valence-corrected chi connectivity index (χ1v) is 12.0. The number of carboxylic acids is 1. The molecule has 3 aromatic carbocycles. The van der Waals surface area contributed by atoms with Gasteiger partial charge < -0.3 is 14.9 Å². The van der Waals surface area contributed by atoms with Crippen molar-refractivity contribution >= 4 is 40.6 Å². The van der Waals surface area contributed by atoms with E-state index in [0.717, 1.165) is 55.5 Å². The monoisotopic (exact) mass is 474 g/mol. The number of carbonyl (C=O) groups excluding carboxylic acids is 1. The van der Waals surface area contributed by atoms with Crippen molar-refractivity contribution in [2.24, 2.45) is 0 Å². The Hall–Kier alpha value is -3.67. The lowest BCUT2D eigenvalue weighted by atomic mass is 9.75. The molecule has 1 amide bonds. The molecule has 0 bridgehead atoms. The van der Waals surface area contributed by atoms with Crippen LogP contribution < -0.4 is 9.80 Å². The van der Waals surface area contributed by atoms with Gasteiger partial charge in [-0.05, 0) is 60.1 Å². The molecule has 0 aliphatic heterocycles. The van der Waals surface area contributed by atoms with Crippen molar-refractivity contribution in [3.8, 4) is 0 Å². The number of aliphatic carboxylic acids is 1. The first kappa shape index (κ1) is 24.5. The van der Waals surface area contributed by atoms with Crippen molar-refractivity contribution in [1.29, 1.82) is 0 Å². The van der Waals surface area contributed by atoms with Crippen LogP contribution in [-0.2, 0) is 16.0 Å². The normalized spacial score (nSPS) is 15.3. The number of rotatable bonds is 8. The highest BCUT2D eigenvalue weighted by atomic mass is 19.1. The number of carboxylic acid groups (broad SMARTS) is 1. The van der Waals surface area contributed by atoms with Gasteiger partial charge in [0.05, 0.1) is 11.2 Å². The minimum absolute atomic E-state index is 0.243. The molecule has 6 heteroatoms. The Morgan fingerprint density at radius 3 is 2.49 bits per heavy atom. The Balaban J connectivity index is 1.80. The van der Waals surface area contributed by atoms with Gasteiger partial charge in [0.15, 0.2) is 5.82 Å². The molecule has 0 aromatic heterocycles. The molecule has 1 aliphatic carbocycles. The summed E-state index contributed by atoms with van der Waals surface area (Å²) in [5, 5.41) is 10.4. The van der Waals surface area contributed by atoms with E-state index < -0.39 is 11.5 Å². The molecule has 3 aromatic rings. The molecule has 0 saturated heterocycles. The summed E-state index contributed by atoms with van der Waals surface area (Å²) in [5.41, 5.74) is 2.34. The number of halogens is 1. The molecule has 1 N–H and O–H groups in total. The molecular formula is C29H31FN2O3. The Morgan fingerprint density at radius 1 is 1.06 bits per heavy atom. The largest absolute Gasteiger partial charge is 0.478 e. The zero-order chi connectivity index (χ0) is 25.0. The third-order valence-corrected chi connectivity index (χ3v) is 7.02. The SMILES string of the molecule is CN(C)c1ccc2cccc(CC3(N(C=O)c4cccc(/C=C/C(=O)O)c4)CCCCC3)c2c1F. The van der Waals surface area contributed by atoms with Crippen molar-refractivity contribution in [2.45, 2.75) is 44.1 Å². The van der Waals surface area contributed by atoms with Crippen LogP contribution in [-0.4, -0.2) is 37.1 Å². The topological polar surface area (TPSA) is 60.9 Å². The Kier molecular flexibility index (Phi) is 7.20. The minimum Gasteiger partial charge on any atom is -0.478 e. The van der Waals surface area contributed by atoms with E-state index >= 15 is 4.39 Å². The molecule has 1 fully saturated rings. The zero-order valence-electron chi connectivity index (χ0n) is 20.2. The molecule has 4 rings (SSSR count). The second-order valence-electron chi connectivity index (χ2n) is 9.51. The highest BCUT2D eigenvalue weighted by molar-refractivity contribution is 5.90. The van der Waals surface area contributed by atoms with E-state index in [-0.39, 0.29) is 5.82 Å². The number of carbonyl (C=O) groups is 2. The number of hydrogen-bond acceptors (Lipinski definition) is 3. The molecule has 182 valence electrons. The van der Waals surface area contributed by atoms with E-state index in [2.05, 4.69) is 0 Å². The summed E-state index contributed by atoms with van der Waals surface area (Å²) in [6, 6.07) is 16.9. The Labute approximate surface area is 205 Å². The quantitative estimate of drug-likeness (QED) is 0.319. The number of anilines is 2. The predicted octanol–water partition coefficient (Wildman–Crippen LogP) is 6.05. The van der Waals surface area contributed by atoms with Crippen LogP contribution in [0.25, 0.3) is 16.8 Å². The van der Waals surface area contributed by atoms with E-state index in [0.29, 0.717) is 28.7 Å². The fraction of sp³-hybridized carbons (Fsp3) is 0.310. The van der Waals surface area contributed by atoms with Gasteiger partial charge in [0.25, 0.3) is 0 Å². The number of nitrogens with zero attached hydrogens (tertiary/aromatic N) is 2. The Morgan fingerprint density at radius 2 is 1.80 bits per heavy atom. The van der Waals surface area contributed by atoms with Gasteiger partial charge in [-0.3, -0.25) is 4.79 Å². The summed E-state index contributed by atoms with van der Waals surface area (Å²) in [6.07, 6.45) is 8.71. The van der Waals surface area contributed by atoms with Gasteiger partial charge >= 0.3 is 5.97 Å². The lowest BCUT2D eigenvalue weighted by Crippen LogP contribution is -2.51. The van der Waals surface area contributed by atoms with Gasteiger partial charge in [-0.2, -0.15) is 0 Å². The smallest absolute Gasteiger partial charge is 0.328 e. The van der Waals surface area contributed by atoms with Gasteiger partial charge in [0.1, 0.15) is 0 Å². The highest BCUT2D eigenvalue weighted by Gasteiger charge is 2.39. The van der Waals surface area contributed by atoms with Gasteiger partial charge in [-0.1, -0.05) is 55.7 Å². The standard InChI is InChI=1S/C29H31FN2O3/c1-31(2)25-14-13-22-9-7-10-23(27(22)28(25)30)19-29(16-4-3-5-17-29)32(20-33)24-11-6-8-21(18-24)12-15-26(34)35/h6-15,18,20H,3-5,16-17,19H2,1-2H3,(H,34,35)/b15-12+. The van der Waals surface area contributed by atoms with Crippen LogP contribution in [0.4, 0.5) is 15.8 Å². The molecule has 0 heterocycles. The van der Waals surface area contributed by atoms with Crippen LogP contribution in [0.15, 0.2) is 60.7 Å². The molecule has 35 heavy (non-hydrogen) atoms. The number of benzene rings is 3. The fourth-order valence-corrected chi connectivity index (χ4v) is 5.35. The van der Waals surface area contributed by atoms with Crippen LogP contribution in [0.1, 0.15) is 43.2 Å². The molecule has 0 unspecified atom stereocenters. The third-order valence-electron chi connectivity index (χ3n) is 7.02. The first-order chi connectivity index (χ1) is 16.8. The van der Waals surface area contributed by atoms with Crippen LogP contribution in [0.3, 0.4) is 0 Å². The summed E-state index contributed by atoms with van der Waals surface area (Å²) in [7, 11) is 3.66. The van der Waals surface area contributed by atoms with Crippen LogP contribution in [0, 0.1) is 5.82 Å². The lowest BCUT2D eigenvalue weighted by Gasteiger charge is -2.45. The number of hydrogen-bond donors (Lipinski definition) is 1. The molecule has 0 spiro atoms. The van der Waals surface area contributed by atoms with Crippen LogP contribution in [0.2, 0.25) is 0 Å². The molecule has 0 atom stereocenters. The van der Waals surface area contributed by atoms with E-state index in [1.807, 2.05) is 62.6 Å². The molecule has 5 nitrogen and oxygen atoms in total. The average Bonchev–Trinajstić information content (AvgIpc) is 2.84. The Bertz CT molecular complexity index is 1260. The highest BCUT2D eigenvalue weighted by Crippen LogP contribution is 2.41. The summed E-state index contributed by atoms with van der Waals surface area (Å²) in [4.78, 5) is 27.1. The van der Waals surface area contributed by atoms with Gasteiger partial charge in [-0.25, -0.2) is 9.18 Å². The fourth-order valence-electron chi connectivity index (χ4n) is 5.35. The molecule has 1 saturated carbocycles. The average molecular weight is 475 g/mol. The van der Waals surface area contributed by atoms with E-state index in [9.17, 15) is 9.59 Å². The van der Waals surface area contributed by atoms with Crippen LogP contribution >= 0.6 is 0 Å². The maximum atomic E-state index is 15.7. The summed E-state index contributed by atoms with van der Waals surface area (Å²) >= 11 is 0.